The van der Waals surface area contributed by atoms with Crippen LogP contribution in [0.3, 0.4) is 0 Å². The second-order valence-corrected chi connectivity index (χ2v) is 5.92. The summed E-state index contributed by atoms with van der Waals surface area (Å²) in [5.41, 5.74) is -0.612. The van der Waals surface area contributed by atoms with Gasteiger partial charge in [-0.3, -0.25) is 4.79 Å². The monoisotopic (exact) mass is 319 g/mol. The third kappa shape index (κ3) is 6.61. The molecule has 0 spiro atoms. The fourth-order valence-electron chi connectivity index (χ4n) is 1.73. The van der Waals surface area contributed by atoms with Gasteiger partial charge >= 0.3 is 17.3 Å². The number of amides is 1. The number of carbonyl (C=O) groups is 2. The Hall–Kier alpha value is -1.57. The van der Waals surface area contributed by atoms with Gasteiger partial charge in [-0.05, 0) is 27.2 Å². The van der Waals surface area contributed by atoms with Crippen molar-refractivity contribution in [2.45, 2.75) is 51.4 Å². The summed E-state index contributed by atoms with van der Waals surface area (Å²) in [5, 5.41) is 2.72. The highest BCUT2D eigenvalue weighted by atomic mass is 32.1. The first-order valence-electron chi connectivity index (χ1n) is 6.61. The van der Waals surface area contributed by atoms with Crippen molar-refractivity contribution in [2.75, 3.05) is 13.7 Å². The number of methoxy groups -OCH3 is 1. The molecule has 1 aliphatic rings. The Balaban J connectivity index is 2.61. The molecule has 1 fully saturated rings. The molecule has 1 heterocycles. The molecule has 8 heteroatoms. The third-order valence-corrected chi connectivity index (χ3v) is 2.87. The van der Waals surface area contributed by atoms with E-state index >= 15 is 0 Å². The second kappa shape index (κ2) is 7.44. The van der Waals surface area contributed by atoms with E-state index in [0.717, 1.165) is 0 Å². The van der Waals surface area contributed by atoms with E-state index in [2.05, 4.69) is 10.1 Å². The predicted octanol–water partition coefficient (Wildman–Crippen LogP) is 1.53. The van der Waals surface area contributed by atoms with Gasteiger partial charge in [-0.2, -0.15) is 0 Å². The SMILES string of the molecule is COC(=O)CC[C@H](NC(=O)OC(C)(C)C)[C@H]1COC(=S)O1. The zero-order valence-electron chi connectivity index (χ0n) is 12.6. The Morgan fingerprint density at radius 1 is 1.48 bits per heavy atom. The Bertz CT molecular complexity index is 406. The molecule has 0 aromatic rings. The normalized spacial score (nSPS) is 19.2. The van der Waals surface area contributed by atoms with Gasteiger partial charge in [0.05, 0.1) is 13.2 Å². The first kappa shape index (κ1) is 17.5. The van der Waals surface area contributed by atoms with Gasteiger partial charge in [0.15, 0.2) is 6.10 Å². The van der Waals surface area contributed by atoms with Gasteiger partial charge in [-0.25, -0.2) is 4.79 Å². The van der Waals surface area contributed by atoms with Gasteiger partial charge in [0, 0.05) is 18.6 Å². The standard InChI is InChI=1S/C13H21NO6S/c1-13(2,3)20-11(16)14-8(5-6-10(15)17-4)9-7-18-12(21)19-9/h8-9H,5-7H2,1-4H3,(H,14,16)/t8-,9+/m0/s1. The number of hydrogen-bond donors (Lipinski definition) is 1. The van der Waals surface area contributed by atoms with Crippen molar-refractivity contribution in [3.63, 3.8) is 0 Å². The number of hydrogen-bond acceptors (Lipinski definition) is 7. The maximum Gasteiger partial charge on any atom is 0.408 e. The number of alkyl carbamates (subject to hydrolysis) is 1. The van der Waals surface area contributed by atoms with Crippen molar-refractivity contribution in [1.29, 1.82) is 0 Å². The molecule has 1 aliphatic heterocycles. The van der Waals surface area contributed by atoms with Crippen LogP contribution in [0.25, 0.3) is 0 Å². The number of carbonyl (C=O) groups excluding carboxylic acids is 2. The van der Waals surface area contributed by atoms with Gasteiger partial charge in [-0.1, -0.05) is 0 Å². The quantitative estimate of drug-likeness (QED) is 0.608. The molecule has 120 valence electrons. The molecular formula is C13H21NO6S. The largest absolute Gasteiger partial charge is 0.469 e. The first-order valence-corrected chi connectivity index (χ1v) is 7.02. The van der Waals surface area contributed by atoms with Crippen LogP contribution in [0.15, 0.2) is 0 Å². The lowest BCUT2D eigenvalue weighted by molar-refractivity contribution is -0.140. The fraction of sp³-hybridized carbons (Fsp3) is 0.769. The van der Waals surface area contributed by atoms with Crippen molar-refractivity contribution >= 4 is 29.5 Å². The molecule has 0 bridgehead atoms. The van der Waals surface area contributed by atoms with Crippen molar-refractivity contribution in [3.8, 4) is 0 Å². The van der Waals surface area contributed by atoms with E-state index in [0.29, 0.717) is 6.42 Å². The van der Waals surface area contributed by atoms with Crippen LogP contribution < -0.4 is 5.32 Å². The molecule has 0 saturated carbocycles. The molecule has 2 atom stereocenters. The van der Waals surface area contributed by atoms with Crippen LogP contribution in [0, 0.1) is 0 Å². The van der Waals surface area contributed by atoms with Crippen molar-refractivity contribution < 1.29 is 28.5 Å². The van der Waals surface area contributed by atoms with Crippen LogP contribution in [-0.2, 0) is 23.7 Å². The maximum atomic E-state index is 11.8. The van der Waals surface area contributed by atoms with E-state index in [1.165, 1.54) is 7.11 Å². The number of ether oxygens (including phenoxy) is 4. The van der Waals surface area contributed by atoms with Crippen LogP contribution in [0.4, 0.5) is 4.79 Å². The van der Waals surface area contributed by atoms with Crippen molar-refractivity contribution in [1.82, 2.24) is 5.32 Å². The Morgan fingerprint density at radius 3 is 2.62 bits per heavy atom. The van der Waals surface area contributed by atoms with E-state index in [-0.39, 0.29) is 24.2 Å². The van der Waals surface area contributed by atoms with E-state index in [9.17, 15) is 9.59 Å². The van der Waals surface area contributed by atoms with E-state index in [4.69, 9.17) is 26.4 Å². The predicted molar refractivity (Wildman–Crippen MR) is 77.8 cm³/mol. The van der Waals surface area contributed by atoms with Crippen molar-refractivity contribution in [3.05, 3.63) is 0 Å². The van der Waals surface area contributed by atoms with Gasteiger partial charge < -0.3 is 24.3 Å². The lowest BCUT2D eigenvalue weighted by atomic mass is 10.1. The smallest absolute Gasteiger partial charge is 0.408 e. The van der Waals surface area contributed by atoms with Crippen LogP contribution in [-0.4, -0.2) is 48.8 Å². The number of esters is 1. The lowest BCUT2D eigenvalue weighted by Crippen LogP contribution is -2.46. The van der Waals surface area contributed by atoms with Crippen LogP contribution >= 0.6 is 12.2 Å². The Morgan fingerprint density at radius 2 is 2.14 bits per heavy atom. The summed E-state index contributed by atoms with van der Waals surface area (Å²) < 4.78 is 20.2. The summed E-state index contributed by atoms with van der Waals surface area (Å²) in [4.78, 5) is 23.1. The van der Waals surface area contributed by atoms with Gasteiger partial charge in [-0.15, -0.1) is 0 Å². The van der Waals surface area contributed by atoms with E-state index < -0.39 is 23.8 Å². The zero-order chi connectivity index (χ0) is 16.0. The molecule has 0 aromatic carbocycles. The second-order valence-electron chi connectivity index (χ2n) is 5.58. The fourth-order valence-corrected chi connectivity index (χ4v) is 1.92. The number of thiocarbonyl (C=S) groups is 1. The molecule has 7 nitrogen and oxygen atoms in total. The average molecular weight is 319 g/mol. The molecule has 0 unspecified atom stereocenters. The van der Waals surface area contributed by atoms with Crippen LogP contribution in [0.5, 0.6) is 0 Å². The maximum absolute atomic E-state index is 11.8. The summed E-state index contributed by atoms with van der Waals surface area (Å²) >= 11 is 4.80. The van der Waals surface area contributed by atoms with Gasteiger partial charge in [0.1, 0.15) is 12.2 Å². The van der Waals surface area contributed by atoms with Gasteiger partial charge in [0.25, 0.3) is 0 Å². The molecule has 0 radical (unpaired) electrons. The summed E-state index contributed by atoms with van der Waals surface area (Å²) in [5.74, 6) is -0.368. The minimum Gasteiger partial charge on any atom is -0.469 e. The molecule has 0 aliphatic carbocycles. The highest BCUT2D eigenvalue weighted by Crippen LogP contribution is 2.16. The molecular weight excluding hydrogens is 298 g/mol. The molecule has 1 amide bonds. The van der Waals surface area contributed by atoms with E-state index in [1.54, 1.807) is 20.8 Å². The Kier molecular flexibility index (Phi) is 6.19. The van der Waals surface area contributed by atoms with Crippen molar-refractivity contribution in [2.24, 2.45) is 0 Å². The topological polar surface area (TPSA) is 83.1 Å². The van der Waals surface area contributed by atoms with Crippen LogP contribution in [0.2, 0.25) is 0 Å². The van der Waals surface area contributed by atoms with Crippen LogP contribution in [0.1, 0.15) is 33.6 Å². The minimum atomic E-state index is -0.612. The molecule has 1 N–H and O–H groups in total. The summed E-state index contributed by atoms with van der Waals surface area (Å²) in [6, 6.07) is -0.459. The summed E-state index contributed by atoms with van der Waals surface area (Å²) in [7, 11) is 1.31. The highest BCUT2D eigenvalue weighted by Gasteiger charge is 2.33. The molecule has 0 aromatic heterocycles. The zero-order valence-corrected chi connectivity index (χ0v) is 13.5. The first-order chi connectivity index (χ1) is 9.71. The summed E-state index contributed by atoms with van der Waals surface area (Å²) in [6.45, 7) is 5.52. The Labute approximate surface area is 129 Å². The minimum absolute atomic E-state index is 0.0362. The lowest BCUT2D eigenvalue weighted by Gasteiger charge is -2.25. The number of nitrogens with one attached hydrogen (secondary N) is 1. The molecule has 21 heavy (non-hydrogen) atoms. The van der Waals surface area contributed by atoms with E-state index in [1.807, 2.05) is 0 Å². The molecule has 1 saturated heterocycles. The third-order valence-electron chi connectivity index (χ3n) is 2.65. The molecule has 1 rings (SSSR count). The highest BCUT2D eigenvalue weighted by molar-refractivity contribution is 7.79. The summed E-state index contributed by atoms with van der Waals surface area (Å²) in [6.07, 6.45) is -0.556. The number of rotatable bonds is 5. The van der Waals surface area contributed by atoms with Gasteiger partial charge in [0.2, 0.25) is 0 Å². The average Bonchev–Trinajstić information content (AvgIpc) is 2.78.